The van der Waals surface area contributed by atoms with E-state index in [9.17, 15) is 4.79 Å². The van der Waals surface area contributed by atoms with Crippen LogP contribution in [0.15, 0.2) is 53.5 Å². The highest BCUT2D eigenvalue weighted by atomic mass is 35.5. The fourth-order valence-corrected chi connectivity index (χ4v) is 3.95. The maximum atomic E-state index is 12.9. The Hall–Kier alpha value is -3.85. The largest absolute Gasteiger partial charge is 0.487 e. The summed E-state index contributed by atoms with van der Waals surface area (Å²) in [5, 5.41) is 11.2. The molecule has 168 valence electrons. The minimum Gasteiger partial charge on any atom is -0.487 e. The Morgan fingerprint density at radius 2 is 2.09 bits per heavy atom. The number of anilines is 1. The summed E-state index contributed by atoms with van der Waals surface area (Å²) in [5.74, 6) is 2.15. The van der Waals surface area contributed by atoms with E-state index < -0.39 is 5.60 Å². The Morgan fingerprint density at radius 3 is 2.79 bits per heavy atom. The number of amides is 1. The highest BCUT2D eigenvalue weighted by Gasteiger charge is 2.34. The molecule has 3 heterocycles. The van der Waals surface area contributed by atoms with Crippen LogP contribution in [0.25, 0.3) is 11.4 Å². The predicted octanol–water partition coefficient (Wildman–Crippen LogP) is 4.88. The molecule has 0 saturated heterocycles. The lowest BCUT2D eigenvalue weighted by molar-refractivity contribution is 0.102. The molecule has 0 unspecified atom stereocenters. The van der Waals surface area contributed by atoms with Gasteiger partial charge in [-0.2, -0.15) is 10.1 Å². The fourth-order valence-electron chi connectivity index (χ4n) is 3.69. The summed E-state index contributed by atoms with van der Waals surface area (Å²) in [4.78, 5) is 16.9. The topological polar surface area (TPSA) is 104 Å². The molecule has 4 aromatic rings. The minimum absolute atomic E-state index is 0.319. The number of hydrogen-bond donors (Lipinski definition) is 1. The van der Waals surface area contributed by atoms with Gasteiger partial charge in [-0.1, -0.05) is 16.8 Å². The Kier molecular flexibility index (Phi) is 5.05. The summed E-state index contributed by atoms with van der Waals surface area (Å²) in [6, 6.07) is 10.3. The van der Waals surface area contributed by atoms with Crippen molar-refractivity contribution in [2.45, 2.75) is 25.9 Å². The van der Waals surface area contributed by atoms with Gasteiger partial charge in [0.15, 0.2) is 5.82 Å². The average molecular weight is 466 g/mol. The highest BCUT2D eigenvalue weighted by molar-refractivity contribution is 6.33. The standard InChI is InChI=1S/C23H20ClN5O4/c1-23(2)11-16-18(32-14-4-5-15(17(24)10-14)21-25-12-31-28-21)8-13(9-19(16)33-23)22(30)26-20-6-7-29(3)27-20/h4-10,12H,11H2,1-3H3,(H,26,27,30). The zero-order valence-corrected chi connectivity index (χ0v) is 18.9. The van der Waals surface area contributed by atoms with Crippen LogP contribution in [0.5, 0.6) is 17.2 Å². The van der Waals surface area contributed by atoms with E-state index in [4.69, 9.17) is 25.6 Å². The second-order valence-electron chi connectivity index (χ2n) is 8.32. The van der Waals surface area contributed by atoms with Crippen LogP contribution < -0.4 is 14.8 Å². The first-order valence-electron chi connectivity index (χ1n) is 10.2. The first-order chi connectivity index (χ1) is 15.8. The number of rotatable bonds is 5. The number of halogens is 1. The van der Waals surface area contributed by atoms with Crippen LogP contribution in [-0.2, 0) is 13.5 Å². The molecule has 0 aliphatic carbocycles. The van der Waals surface area contributed by atoms with Gasteiger partial charge in [-0.3, -0.25) is 9.48 Å². The number of fused-ring (bicyclic) bond motifs is 1. The van der Waals surface area contributed by atoms with Crippen molar-refractivity contribution >= 4 is 23.3 Å². The first-order valence-corrected chi connectivity index (χ1v) is 10.6. The monoisotopic (exact) mass is 465 g/mol. The lowest BCUT2D eigenvalue weighted by atomic mass is 9.99. The summed E-state index contributed by atoms with van der Waals surface area (Å²) >= 11 is 6.42. The van der Waals surface area contributed by atoms with Gasteiger partial charge < -0.3 is 19.3 Å². The zero-order chi connectivity index (χ0) is 23.2. The Balaban J connectivity index is 1.47. The quantitative estimate of drug-likeness (QED) is 0.447. The molecule has 1 amide bonds. The number of aromatic nitrogens is 4. The smallest absolute Gasteiger partial charge is 0.257 e. The maximum Gasteiger partial charge on any atom is 0.257 e. The number of nitrogens with one attached hydrogen (secondary N) is 1. The molecule has 33 heavy (non-hydrogen) atoms. The second kappa shape index (κ2) is 7.93. The highest BCUT2D eigenvalue weighted by Crippen LogP contribution is 2.43. The zero-order valence-electron chi connectivity index (χ0n) is 18.1. The van der Waals surface area contributed by atoms with Gasteiger partial charge in [0.2, 0.25) is 12.2 Å². The van der Waals surface area contributed by atoms with Crippen LogP contribution >= 0.6 is 11.6 Å². The molecule has 10 heteroatoms. The molecule has 9 nitrogen and oxygen atoms in total. The Morgan fingerprint density at radius 1 is 1.24 bits per heavy atom. The van der Waals surface area contributed by atoms with Gasteiger partial charge >= 0.3 is 0 Å². The molecule has 1 aliphatic heterocycles. The number of aryl methyl sites for hydroxylation is 1. The van der Waals surface area contributed by atoms with Gasteiger partial charge in [0.05, 0.1) is 5.02 Å². The van der Waals surface area contributed by atoms with Crippen molar-refractivity contribution in [3.8, 4) is 28.6 Å². The van der Waals surface area contributed by atoms with Crippen molar-refractivity contribution in [3.05, 3.63) is 65.1 Å². The van der Waals surface area contributed by atoms with Crippen LogP contribution in [0.2, 0.25) is 5.02 Å². The molecule has 2 aromatic heterocycles. The number of ether oxygens (including phenoxy) is 2. The number of carbonyl (C=O) groups is 1. The molecular formula is C23H20ClN5O4. The molecule has 2 aromatic carbocycles. The van der Waals surface area contributed by atoms with E-state index >= 15 is 0 Å². The molecule has 5 rings (SSSR count). The third-order valence-corrected chi connectivity index (χ3v) is 5.46. The van der Waals surface area contributed by atoms with Gasteiger partial charge in [-0.15, -0.1) is 0 Å². The van der Waals surface area contributed by atoms with Crippen LogP contribution in [-0.4, -0.2) is 31.4 Å². The summed E-state index contributed by atoms with van der Waals surface area (Å²) in [5.41, 5.74) is 1.47. The molecule has 0 spiro atoms. The van der Waals surface area contributed by atoms with E-state index in [1.54, 1.807) is 54.3 Å². The molecule has 1 N–H and O–H groups in total. The second-order valence-corrected chi connectivity index (χ2v) is 8.72. The third-order valence-electron chi connectivity index (χ3n) is 5.14. The minimum atomic E-state index is -0.420. The SMILES string of the molecule is Cn1ccc(NC(=O)c2cc(Oc3ccc(-c4ncon4)c(Cl)c3)c3c(c2)OC(C)(C)C3)n1. The summed E-state index contributed by atoms with van der Waals surface area (Å²) in [7, 11) is 1.78. The van der Waals surface area contributed by atoms with Crippen molar-refractivity contribution in [2.24, 2.45) is 7.05 Å². The molecule has 0 fully saturated rings. The van der Waals surface area contributed by atoms with Crippen molar-refractivity contribution in [3.63, 3.8) is 0 Å². The first kappa shape index (κ1) is 21.0. The molecule has 1 aliphatic rings. The van der Waals surface area contributed by atoms with E-state index in [1.165, 1.54) is 6.39 Å². The van der Waals surface area contributed by atoms with Crippen molar-refractivity contribution in [1.82, 2.24) is 19.9 Å². The molecule has 0 atom stereocenters. The van der Waals surface area contributed by atoms with Gasteiger partial charge in [-0.05, 0) is 38.1 Å². The number of carbonyl (C=O) groups excluding carboxylic acids is 1. The Bertz CT molecular complexity index is 1350. The van der Waals surface area contributed by atoms with E-state index in [2.05, 4.69) is 20.6 Å². The van der Waals surface area contributed by atoms with Gasteiger partial charge in [0.1, 0.15) is 22.8 Å². The Labute approximate surface area is 194 Å². The van der Waals surface area contributed by atoms with E-state index in [-0.39, 0.29) is 5.91 Å². The van der Waals surface area contributed by atoms with Gasteiger partial charge in [-0.25, -0.2) is 0 Å². The van der Waals surface area contributed by atoms with Crippen LogP contribution in [0, 0.1) is 0 Å². The number of nitrogens with zero attached hydrogens (tertiary/aromatic N) is 4. The van der Waals surface area contributed by atoms with Crippen molar-refractivity contribution in [2.75, 3.05) is 5.32 Å². The van der Waals surface area contributed by atoms with Crippen LogP contribution in [0.3, 0.4) is 0 Å². The fraction of sp³-hybridized carbons (Fsp3) is 0.217. The number of hydrogen-bond acceptors (Lipinski definition) is 7. The van der Waals surface area contributed by atoms with Crippen molar-refractivity contribution in [1.29, 1.82) is 0 Å². The summed E-state index contributed by atoms with van der Waals surface area (Å²) < 4.78 is 18.7. The third kappa shape index (κ3) is 4.27. The molecule has 0 bridgehead atoms. The summed E-state index contributed by atoms with van der Waals surface area (Å²) in [6.45, 7) is 3.97. The van der Waals surface area contributed by atoms with Gasteiger partial charge in [0.25, 0.3) is 5.91 Å². The van der Waals surface area contributed by atoms with Crippen LogP contribution in [0.4, 0.5) is 5.82 Å². The summed E-state index contributed by atoms with van der Waals surface area (Å²) in [6.07, 6.45) is 3.62. The van der Waals surface area contributed by atoms with Gasteiger partial charge in [0, 0.05) is 48.5 Å². The van der Waals surface area contributed by atoms with Crippen LogP contribution in [0.1, 0.15) is 29.8 Å². The van der Waals surface area contributed by atoms with E-state index in [1.807, 2.05) is 13.8 Å². The predicted molar refractivity (Wildman–Crippen MR) is 121 cm³/mol. The van der Waals surface area contributed by atoms with E-state index in [0.29, 0.717) is 51.5 Å². The molecular weight excluding hydrogens is 446 g/mol. The maximum absolute atomic E-state index is 12.9. The lowest BCUT2D eigenvalue weighted by Crippen LogP contribution is -2.24. The van der Waals surface area contributed by atoms with Crippen molar-refractivity contribution < 1.29 is 18.8 Å². The normalized spacial score (nSPS) is 13.9. The molecule has 0 saturated carbocycles. The average Bonchev–Trinajstić information content (AvgIpc) is 3.48. The molecule has 0 radical (unpaired) electrons. The number of benzene rings is 2. The van der Waals surface area contributed by atoms with E-state index in [0.717, 1.165) is 5.56 Å². The lowest BCUT2D eigenvalue weighted by Gasteiger charge is -2.16.